The Morgan fingerprint density at radius 2 is 2.13 bits per heavy atom. The molecule has 0 aromatic heterocycles. The number of likely N-dealkylation sites (tertiary alicyclic amines) is 1. The van der Waals surface area contributed by atoms with Crippen LogP contribution < -0.4 is 0 Å². The molecule has 1 aliphatic rings. The number of hydrogen-bond donors (Lipinski definition) is 0. The van der Waals surface area contributed by atoms with E-state index in [1.807, 2.05) is 0 Å². The van der Waals surface area contributed by atoms with E-state index in [0.717, 1.165) is 0 Å². The van der Waals surface area contributed by atoms with Crippen LogP contribution in [0.5, 0.6) is 0 Å². The number of amides is 1. The lowest BCUT2D eigenvalue weighted by atomic mass is 9.96. The highest BCUT2D eigenvalue weighted by Crippen LogP contribution is 2.20. The first kappa shape index (κ1) is 6.05. The molecule has 1 amide bonds. The summed E-state index contributed by atoms with van der Waals surface area (Å²) in [6, 6.07) is 7.90. The Hall–Kier alpha value is -1.64. The summed E-state index contributed by atoms with van der Waals surface area (Å²) in [5.41, 5.74) is 0.204. The maximum Gasteiger partial charge on any atom is 0.233 e. The van der Waals surface area contributed by atoms with E-state index >= 15 is 0 Å². The summed E-state index contributed by atoms with van der Waals surface area (Å²) in [6.07, 6.45) is -2.56. The lowest BCUT2D eigenvalue weighted by molar-refractivity contribution is -0.128. The topological polar surface area (TPSA) is 37.4 Å². The quantitative estimate of drug-likeness (QED) is 0.542. The molecule has 0 aliphatic carbocycles. The van der Waals surface area contributed by atoms with Crippen molar-refractivity contribution in [3.63, 3.8) is 0 Å². The molecule has 0 saturated carbocycles. The fraction of sp³-hybridized carbons (Fsp3) is 0.333. The van der Waals surface area contributed by atoms with Crippen LogP contribution in [0, 0.1) is 5.92 Å². The van der Waals surface area contributed by atoms with Crippen molar-refractivity contribution < 1.29 is 15.1 Å². The largest absolute Gasteiger partial charge is 0.345 e. The van der Waals surface area contributed by atoms with Gasteiger partial charge in [-0.25, -0.2) is 0 Å². The SMILES string of the molecule is [2H]C1([2H])C(C(=O)c2ccccc2)C(=O)N(C)C1([2H])[2H]. The fourth-order valence-electron chi connectivity index (χ4n) is 1.42. The second-order valence-electron chi connectivity index (χ2n) is 3.32. The van der Waals surface area contributed by atoms with Crippen LogP contribution in [0.15, 0.2) is 30.3 Å². The molecule has 15 heavy (non-hydrogen) atoms. The van der Waals surface area contributed by atoms with Gasteiger partial charge in [0.1, 0.15) is 5.92 Å². The monoisotopic (exact) mass is 207 g/mol. The Morgan fingerprint density at radius 1 is 1.47 bits per heavy atom. The normalized spacial score (nSPS) is 31.4. The molecule has 78 valence electrons. The van der Waals surface area contributed by atoms with Crippen molar-refractivity contribution in [2.24, 2.45) is 5.92 Å². The van der Waals surface area contributed by atoms with Gasteiger partial charge in [0.15, 0.2) is 5.78 Å². The molecule has 1 aromatic carbocycles. The van der Waals surface area contributed by atoms with Crippen LogP contribution in [0.25, 0.3) is 0 Å². The van der Waals surface area contributed by atoms with Crippen molar-refractivity contribution in [1.82, 2.24) is 4.90 Å². The van der Waals surface area contributed by atoms with Crippen LogP contribution in [-0.2, 0) is 4.79 Å². The third-order valence-corrected chi connectivity index (χ3v) is 2.27. The maximum atomic E-state index is 12.3. The number of hydrogen-bond acceptors (Lipinski definition) is 2. The number of ketones is 1. The lowest BCUT2D eigenvalue weighted by Crippen LogP contribution is -2.27. The van der Waals surface area contributed by atoms with E-state index in [1.54, 1.807) is 18.2 Å². The molecule has 0 radical (unpaired) electrons. The minimum atomic E-state index is -2.56. The summed E-state index contributed by atoms with van der Waals surface area (Å²) >= 11 is 0. The second-order valence-corrected chi connectivity index (χ2v) is 3.32. The molecule has 1 aromatic rings. The lowest BCUT2D eigenvalue weighted by Gasteiger charge is -2.09. The number of rotatable bonds is 2. The van der Waals surface area contributed by atoms with E-state index in [9.17, 15) is 9.59 Å². The van der Waals surface area contributed by atoms with E-state index in [-0.39, 0.29) is 5.56 Å². The van der Waals surface area contributed by atoms with Crippen molar-refractivity contribution in [3.05, 3.63) is 35.9 Å². The number of carbonyl (C=O) groups is 2. The van der Waals surface area contributed by atoms with Gasteiger partial charge in [-0.2, -0.15) is 0 Å². The summed E-state index contributed by atoms with van der Waals surface area (Å²) in [6.45, 7) is -2.50. The Bertz CT molecular complexity index is 530. The Morgan fingerprint density at radius 3 is 2.67 bits per heavy atom. The van der Waals surface area contributed by atoms with Gasteiger partial charge in [-0.3, -0.25) is 9.59 Å². The molecule has 1 aliphatic heterocycles. The molecular weight excluding hydrogens is 190 g/mol. The number of carbonyl (C=O) groups excluding carboxylic acids is 2. The second kappa shape index (κ2) is 3.85. The van der Waals surface area contributed by atoms with E-state index in [1.165, 1.54) is 19.2 Å². The molecule has 1 atom stereocenters. The van der Waals surface area contributed by atoms with Gasteiger partial charge in [-0.1, -0.05) is 30.3 Å². The average molecular weight is 207 g/mol. The number of Topliss-reactive ketones (excluding diaryl/α,β-unsaturated/α-hetero) is 1. The Kier molecular flexibility index (Phi) is 1.55. The highest BCUT2D eigenvalue weighted by Gasteiger charge is 2.34. The standard InChI is InChI=1S/C12H13NO2/c1-13-8-7-10(12(13)15)11(14)9-5-3-2-4-6-9/h2-6,10H,7-8H2,1H3/i7D2,8D2. The minimum absolute atomic E-state index is 0.204. The third kappa shape index (κ3) is 1.77. The smallest absolute Gasteiger partial charge is 0.233 e. The summed E-state index contributed by atoms with van der Waals surface area (Å²) in [4.78, 5) is 24.9. The highest BCUT2D eigenvalue weighted by molar-refractivity contribution is 6.10. The van der Waals surface area contributed by atoms with Crippen molar-refractivity contribution in [3.8, 4) is 0 Å². The van der Waals surface area contributed by atoms with Crippen LogP contribution in [0.3, 0.4) is 0 Å². The number of benzene rings is 1. The van der Waals surface area contributed by atoms with Crippen molar-refractivity contribution in [1.29, 1.82) is 0 Å². The first-order valence-corrected chi connectivity index (χ1v) is 4.58. The van der Waals surface area contributed by atoms with Gasteiger partial charge in [0.2, 0.25) is 5.91 Å². The first-order chi connectivity index (χ1) is 8.71. The predicted molar refractivity (Wildman–Crippen MR) is 56.5 cm³/mol. The zero-order chi connectivity index (χ0) is 14.4. The molecule has 3 heteroatoms. The molecule has 0 spiro atoms. The summed E-state index contributed by atoms with van der Waals surface area (Å²) < 4.78 is 30.9. The highest BCUT2D eigenvalue weighted by atomic mass is 16.2. The van der Waals surface area contributed by atoms with Gasteiger partial charge in [0.05, 0.1) is 0 Å². The van der Waals surface area contributed by atoms with Gasteiger partial charge in [0.25, 0.3) is 0 Å². The van der Waals surface area contributed by atoms with E-state index in [2.05, 4.69) is 0 Å². The molecule has 0 N–H and O–H groups in total. The third-order valence-electron chi connectivity index (χ3n) is 2.27. The molecular formula is C12H13NO2. The van der Waals surface area contributed by atoms with Gasteiger partial charge < -0.3 is 4.90 Å². The van der Waals surface area contributed by atoms with E-state index in [4.69, 9.17) is 5.48 Å². The van der Waals surface area contributed by atoms with Crippen LogP contribution in [0.4, 0.5) is 0 Å². The summed E-state index contributed by atoms with van der Waals surface area (Å²) in [5, 5.41) is 0. The van der Waals surface area contributed by atoms with E-state index in [0.29, 0.717) is 4.90 Å². The maximum absolute atomic E-state index is 12.3. The molecule has 3 nitrogen and oxygen atoms in total. The van der Waals surface area contributed by atoms with Crippen LogP contribution >= 0.6 is 0 Å². The molecule has 1 fully saturated rings. The summed E-state index contributed by atoms with van der Waals surface area (Å²) in [7, 11) is 1.17. The van der Waals surface area contributed by atoms with Crippen LogP contribution in [-0.4, -0.2) is 30.1 Å². The van der Waals surface area contributed by atoms with Gasteiger partial charge in [-0.05, 0) is 6.37 Å². The van der Waals surface area contributed by atoms with Gasteiger partial charge >= 0.3 is 0 Å². The van der Waals surface area contributed by atoms with Crippen LogP contribution in [0.2, 0.25) is 0 Å². The molecule has 2 rings (SSSR count). The number of nitrogens with zero attached hydrogens (tertiary/aromatic N) is 1. The molecule has 1 saturated heterocycles. The zero-order valence-corrected chi connectivity index (χ0v) is 8.23. The van der Waals surface area contributed by atoms with Gasteiger partial charge in [-0.15, -0.1) is 0 Å². The van der Waals surface area contributed by atoms with Gasteiger partial charge in [0, 0.05) is 24.6 Å². The zero-order valence-electron chi connectivity index (χ0n) is 12.2. The predicted octanol–water partition coefficient (Wildman–Crippen LogP) is 1.35. The summed E-state index contributed by atoms with van der Waals surface area (Å²) in [5.74, 6) is -3.16. The minimum Gasteiger partial charge on any atom is -0.345 e. The fourth-order valence-corrected chi connectivity index (χ4v) is 1.42. The average Bonchev–Trinajstić information content (AvgIpc) is 2.48. The molecule has 1 unspecified atom stereocenters. The van der Waals surface area contributed by atoms with Crippen molar-refractivity contribution in [2.45, 2.75) is 6.37 Å². The van der Waals surface area contributed by atoms with E-state index < -0.39 is 30.5 Å². The Balaban J connectivity index is 2.46. The van der Waals surface area contributed by atoms with Crippen molar-refractivity contribution in [2.75, 3.05) is 13.5 Å². The Labute approximate surface area is 94.3 Å². The van der Waals surface area contributed by atoms with Crippen LogP contribution in [0.1, 0.15) is 22.2 Å². The first-order valence-electron chi connectivity index (χ1n) is 6.58. The molecule has 1 heterocycles. The van der Waals surface area contributed by atoms with Crippen molar-refractivity contribution >= 4 is 11.7 Å². The molecule has 0 bridgehead atoms.